The van der Waals surface area contributed by atoms with Gasteiger partial charge in [0.2, 0.25) is 0 Å². The molecule has 3 rings (SSSR count). The molecule has 2 aromatic rings. The molecule has 0 fully saturated rings. The molecule has 0 atom stereocenters. The molecule has 0 unspecified atom stereocenters. The number of nitrogens with one attached hydrogen (secondary N) is 2. The summed E-state index contributed by atoms with van der Waals surface area (Å²) in [5, 5.41) is 5.44. The van der Waals surface area contributed by atoms with Crippen LogP contribution in [0.2, 0.25) is 0 Å². The smallest absolute Gasteiger partial charge is 0.361 e. The first-order chi connectivity index (χ1) is 10.4. The van der Waals surface area contributed by atoms with Crippen LogP contribution in [0.1, 0.15) is 11.1 Å². The van der Waals surface area contributed by atoms with Crippen LogP contribution >= 0.6 is 0 Å². The van der Waals surface area contributed by atoms with Crippen molar-refractivity contribution in [2.45, 2.75) is 6.18 Å². The van der Waals surface area contributed by atoms with E-state index in [-0.39, 0.29) is 11.6 Å². The molecule has 3 nitrogen and oxygen atoms in total. The van der Waals surface area contributed by atoms with Gasteiger partial charge in [0.05, 0.1) is 11.1 Å². The van der Waals surface area contributed by atoms with Crippen LogP contribution in [-0.2, 0) is 11.0 Å². The number of hydrogen-bond donors (Lipinski definition) is 2. The fraction of sp³-hybridized carbons (Fsp3) is 0.0625. The van der Waals surface area contributed by atoms with Gasteiger partial charge in [-0.3, -0.25) is 4.79 Å². The molecule has 22 heavy (non-hydrogen) atoms. The number of halogens is 3. The number of para-hydroxylation sites is 1. The van der Waals surface area contributed by atoms with Crippen molar-refractivity contribution in [1.29, 1.82) is 0 Å². The molecule has 2 aromatic carbocycles. The fourth-order valence-corrected chi connectivity index (χ4v) is 2.22. The van der Waals surface area contributed by atoms with E-state index in [2.05, 4.69) is 10.6 Å². The van der Waals surface area contributed by atoms with E-state index in [0.29, 0.717) is 16.8 Å². The molecule has 2 N–H and O–H groups in total. The van der Waals surface area contributed by atoms with Crippen molar-refractivity contribution in [3.8, 4) is 0 Å². The van der Waals surface area contributed by atoms with Crippen LogP contribution < -0.4 is 10.6 Å². The SMILES string of the molecule is O=C1Nc2ccccc2C1=CNc1cccc(C(F)(F)F)c1. The number of carbonyl (C=O) groups excluding carboxylic acids is 1. The molecule has 1 heterocycles. The van der Waals surface area contributed by atoms with Crippen molar-refractivity contribution in [1.82, 2.24) is 0 Å². The Morgan fingerprint density at radius 3 is 2.59 bits per heavy atom. The normalized spacial score (nSPS) is 15.6. The minimum Gasteiger partial charge on any atom is -0.361 e. The molecule has 6 heteroatoms. The zero-order chi connectivity index (χ0) is 15.7. The van der Waals surface area contributed by atoms with Crippen LogP contribution in [0.4, 0.5) is 24.5 Å². The summed E-state index contributed by atoms with van der Waals surface area (Å²) >= 11 is 0. The van der Waals surface area contributed by atoms with Crippen LogP contribution in [-0.4, -0.2) is 5.91 Å². The number of amides is 1. The molecule has 1 aliphatic rings. The van der Waals surface area contributed by atoms with Gasteiger partial charge in [0.25, 0.3) is 5.91 Å². The number of fused-ring (bicyclic) bond motifs is 1. The predicted molar refractivity (Wildman–Crippen MR) is 78.1 cm³/mol. The van der Waals surface area contributed by atoms with E-state index in [1.165, 1.54) is 18.3 Å². The monoisotopic (exact) mass is 304 g/mol. The maximum atomic E-state index is 12.7. The van der Waals surface area contributed by atoms with Crippen LogP contribution in [0, 0.1) is 0 Å². The highest BCUT2D eigenvalue weighted by atomic mass is 19.4. The van der Waals surface area contributed by atoms with Crippen molar-refractivity contribution in [2.24, 2.45) is 0 Å². The lowest BCUT2D eigenvalue weighted by Gasteiger charge is -2.08. The number of hydrogen-bond acceptors (Lipinski definition) is 2. The third-order valence-electron chi connectivity index (χ3n) is 3.28. The zero-order valence-electron chi connectivity index (χ0n) is 11.2. The van der Waals surface area contributed by atoms with Gasteiger partial charge in [-0.25, -0.2) is 0 Å². The lowest BCUT2D eigenvalue weighted by Crippen LogP contribution is -2.06. The molecule has 0 saturated carbocycles. The van der Waals surface area contributed by atoms with E-state index in [0.717, 1.165) is 12.1 Å². The molecule has 0 saturated heterocycles. The molecular formula is C16H11F3N2O. The summed E-state index contributed by atoms with van der Waals surface area (Å²) in [6.45, 7) is 0. The average molecular weight is 304 g/mol. The first kappa shape index (κ1) is 14.2. The third kappa shape index (κ3) is 2.67. The second-order valence-electron chi connectivity index (χ2n) is 4.78. The van der Waals surface area contributed by atoms with Gasteiger partial charge in [-0.1, -0.05) is 24.3 Å². The average Bonchev–Trinajstić information content (AvgIpc) is 2.80. The highest BCUT2D eigenvalue weighted by molar-refractivity contribution is 6.31. The Labute approximate surface area is 124 Å². The number of anilines is 2. The maximum absolute atomic E-state index is 12.7. The van der Waals surface area contributed by atoms with Gasteiger partial charge in [-0.2, -0.15) is 13.2 Å². The standard InChI is InChI=1S/C16H11F3N2O/c17-16(18,19)10-4-3-5-11(8-10)20-9-13-12-6-1-2-7-14(12)21-15(13)22/h1-9,20H,(H,21,22). The predicted octanol–water partition coefficient (Wildman–Crippen LogP) is 4.11. The lowest BCUT2D eigenvalue weighted by molar-refractivity contribution is -0.137. The Morgan fingerprint density at radius 2 is 1.82 bits per heavy atom. The number of carbonyl (C=O) groups is 1. The Bertz CT molecular complexity index is 766. The van der Waals surface area contributed by atoms with Crippen molar-refractivity contribution in [3.63, 3.8) is 0 Å². The van der Waals surface area contributed by atoms with Crippen molar-refractivity contribution < 1.29 is 18.0 Å². The number of rotatable bonds is 2. The number of alkyl halides is 3. The zero-order valence-corrected chi connectivity index (χ0v) is 11.2. The van der Waals surface area contributed by atoms with Crippen molar-refractivity contribution >= 4 is 22.9 Å². The molecule has 0 spiro atoms. The molecular weight excluding hydrogens is 293 g/mol. The van der Waals surface area contributed by atoms with Gasteiger partial charge in [0.1, 0.15) is 0 Å². The number of benzene rings is 2. The second-order valence-corrected chi connectivity index (χ2v) is 4.78. The van der Waals surface area contributed by atoms with Crippen molar-refractivity contribution in [3.05, 3.63) is 65.9 Å². The summed E-state index contributed by atoms with van der Waals surface area (Å²) in [5.41, 5.74) is 1.30. The first-order valence-corrected chi connectivity index (χ1v) is 6.50. The van der Waals surface area contributed by atoms with Gasteiger partial charge >= 0.3 is 6.18 Å². The summed E-state index contributed by atoms with van der Waals surface area (Å²) in [5.74, 6) is -0.291. The highest BCUT2D eigenvalue weighted by Crippen LogP contribution is 2.32. The van der Waals surface area contributed by atoms with E-state index < -0.39 is 11.7 Å². The van der Waals surface area contributed by atoms with Gasteiger partial charge in [0, 0.05) is 23.1 Å². The van der Waals surface area contributed by atoms with E-state index in [4.69, 9.17) is 0 Å². The van der Waals surface area contributed by atoms with Crippen LogP contribution in [0.15, 0.2) is 54.7 Å². The van der Waals surface area contributed by atoms with Gasteiger partial charge < -0.3 is 10.6 Å². The summed E-state index contributed by atoms with van der Waals surface area (Å²) < 4.78 is 38.0. The minimum absolute atomic E-state index is 0.263. The van der Waals surface area contributed by atoms with Crippen LogP contribution in [0.25, 0.3) is 5.57 Å². The van der Waals surface area contributed by atoms with E-state index >= 15 is 0 Å². The van der Waals surface area contributed by atoms with E-state index in [1.54, 1.807) is 24.3 Å². The van der Waals surface area contributed by atoms with Crippen molar-refractivity contribution in [2.75, 3.05) is 10.6 Å². The second kappa shape index (κ2) is 5.22. The Morgan fingerprint density at radius 1 is 1.05 bits per heavy atom. The largest absolute Gasteiger partial charge is 0.416 e. The highest BCUT2D eigenvalue weighted by Gasteiger charge is 2.30. The van der Waals surface area contributed by atoms with E-state index in [1.807, 2.05) is 0 Å². The Hall–Kier alpha value is -2.76. The fourth-order valence-electron chi connectivity index (χ4n) is 2.22. The molecule has 112 valence electrons. The quantitative estimate of drug-likeness (QED) is 0.820. The molecule has 0 radical (unpaired) electrons. The topological polar surface area (TPSA) is 41.1 Å². The summed E-state index contributed by atoms with van der Waals surface area (Å²) in [7, 11) is 0. The molecule has 0 bridgehead atoms. The van der Waals surface area contributed by atoms with Gasteiger partial charge in [-0.05, 0) is 24.3 Å². The Balaban J connectivity index is 1.88. The summed E-state index contributed by atoms with van der Waals surface area (Å²) in [6, 6.07) is 11.9. The van der Waals surface area contributed by atoms with Gasteiger partial charge in [-0.15, -0.1) is 0 Å². The molecule has 1 aliphatic heterocycles. The van der Waals surface area contributed by atoms with Crippen LogP contribution in [0.3, 0.4) is 0 Å². The van der Waals surface area contributed by atoms with Gasteiger partial charge in [0.15, 0.2) is 0 Å². The third-order valence-corrected chi connectivity index (χ3v) is 3.28. The molecule has 0 aliphatic carbocycles. The molecule has 0 aromatic heterocycles. The molecule has 1 amide bonds. The maximum Gasteiger partial charge on any atom is 0.416 e. The summed E-state index contributed by atoms with van der Waals surface area (Å²) in [6.07, 6.45) is -2.99. The minimum atomic E-state index is -4.40. The Kier molecular flexibility index (Phi) is 3.36. The van der Waals surface area contributed by atoms with E-state index in [9.17, 15) is 18.0 Å². The lowest BCUT2D eigenvalue weighted by atomic mass is 10.1. The van der Waals surface area contributed by atoms with Crippen LogP contribution in [0.5, 0.6) is 0 Å². The summed E-state index contributed by atoms with van der Waals surface area (Å²) in [4.78, 5) is 11.9. The first-order valence-electron chi connectivity index (χ1n) is 6.50.